The number of aryl methyl sites for hydroxylation is 1. The summed E-state index contributed by atoms with van der Waals surface area (Å²) in [5.41, 5.74) is 1.70. The topological polar surface area (TPSA) is 84.5 Å². The molecule has 148 valence electrons. The van der Waals surface area contributed by atoms with Gasteiger partial charge in [0.2, 0.25) is 0 Å². The second-order valence-corrected chi connectivity index (χ2v) is 6.91. The zero-order valence-corrected chi connectivity index (χ0v) is 16.9. The molecule has 0 aliphatic rings. The third-order valence-corrected chi connectivity index (χ3v) is 4.43. The monoisotopic (exact) mass is 422 g/mol. The molecule has 0 saturated heterocycles. The highest BCUT2D eigenvalue weighted by Gasteiger charge is 2.19. The molecule has 2 aromatic carbocycles. The molecule has 6 nitrogen and oxygen atoms in total. The smallest absolute Gasteiger partial charge is 0.308 e. The van der Waals surface area contributed by atoms with Gasteiger partial charge in [0.05, 0.1) is 17.0 Å². The normalized spacial score (nSPS) is 11.4. The summed E-state index contributed by atoms with van der Waals surface area (Å²) in [6.07, 6.45) is -1.07. The summed E-state index contributed by atoms with van der Waals surface area (Å²) >= 11 is 11.9. The number of nitrogens with one attached hydrogen (secondary N) is 2. The van der Waals surface area contributed by atoms with Crippen molar-refractivity contribution in [3.05, 3.63) is 63.6 Å². The van der Waals surface area contributed by atoms with Crippen molar-refractivity contribution in [3.63, 3.8) is 0 Å². The number of carbonyl (C=O) groups excluding carboxylic acids is 3. The van der Waals surface area contributed by atoms with Gasteiger partial charge in [0.25, 0.3) is 11.8 Å². The molecule has 28 heavy (non-hydrogen) atoms. The Hall–Kier alpha value is -2.57. The van der Waals surface area contributed by atoms with E-state index in [9.17, 15) is 14.4 Å². The van der Waals surface area contributed by atoms with Crippen LogP contribution in [0.5, 0.6) is 0 Å². The fraction of sp³-hybridized carbons (Fsp3) is 0.250. The Balaban J connectivity index is 1.79. The third-order valence-electron chi connectivity index (χ3n) is 3.87. The van der Waals surface area contributed by atoms with Crippen LogP contribution < -0.4 is 10.6 Å². The molecule has 8 heteroatoms. The van der Waals surface area contributed by atoms with Crippen molar-refractivity contribution in [1.29, 1.82) is 0 Å². The molecule has 0 heterocycles. The van der Waals surface area contributed by atoms with Gasteiger partial charge >= 0.3 is 5.97 Å². The molecular weight excluding hydrogens is 403 g/mol. The molecular formula is C20H20Cl2N2O4. The summed E-state index contributed by atoms with van der Waals surface area (Å²) < 4.78 is 5.10. The lowest BCUT2D eigenvalue weighted by atomic mass is 10.2. The molecule has 2 amide bonds. The Kier molecular flexibility index (Phi) is 7.84. The first-order chi connectivity index (χ1) is 13.3. The van der Waals surface area contributed by atoms with E-state index < -0.39 is 18.0 Å². The quantitative estimate of drug-likeness (QED) is 0.660. The first kappa shape index (κ1) is 21.7. The fourth-order valence-electron chi connectivity index (χ4n) is 2.29. The molecule has 0 aromatic heterocycles. The van der Waals surface area contributed by atoms with E-state index in [0.717, 1.165) is 5.56 Å². The largest absolute Gasteiger partial charge is 0.452 e. The summed E-state index contributed by atoms with van der Waals surface area (Å²) in [5, 5.41) is 6.07. The van der Waals surface area contributed by atoms with Crippen molar-refractivity contribution in [2.75, 3.05) is 11.9 Å². The van der Waals surface area contributed by atoms with Crippen molar-refractivity contribution in [1.82, 2.24) is 5.32 Å². The molecule has 0 saturated carbocycles. The standard InChI is InChI=1S/C20H20Cl2N2O4/c1-12-7-8-14(21)11-17(12)24-19(26)13(2)28-18(25)9-10-23-20(27)15-5-3-4-6-16(15)22/h3-8,11,13H,9-10H2,1-2H3,(H,23,27)(H,24,26). The van der Waals surface area contributed by atoms with Crippen molar-refractivity contribution in [2.45, 2.75) is 26.4 Å². The second kappa shape index (κ2) is 10.1. The summed E-state index contributed by atoms with van der Waals surface area (Å²) in [4.78, 5) is 36.1. The predicted molar refractivity (Wildman–Crippen MR) is 109 cm³/mol. The molecule has 0 spiro atoms. The number of ether oxygens (including phenoxy) is 1. The minimum Gasteiger partial charge on any atom is -0.452 e. The van der Waals surface area contributed by atoms with Gasteiger partial charge in [0.1, 0.15) is 0 Å². The molecule has 0 aliphatic heterocycles. The van der Waals surface area contributed by atoms with Crippen LogP contribution in [0.1, 0.15) is 29.3 Å². The van der Waals surface area contributed by atoms with Gasteiger partial charge in [-0.25, -0.2) is 0 Å². The average Bonchev–Trinajstić information content (AvgIpc) is 2.64. The summed E-state index contributed by atoms with van der Waals surface area (Å²) in [6.45, 7) is 3.35. The van der Waals surface area contributed by atoms with Gasteiger partial charge < -0.3 is 15.4 Å². The number of anilines is 1. The molecule has 1 unspecified atom stereocenters. The van der Waals surface area contributed by atoms with Crippen LogP contribution in [0.3, 0.4) is 0 Å². The molecule has 1 atom stereocenters. The van der Waals surface area contributed by atoms with Crippen LogP contribution in [0.2, 0.25) is 10.0 Å². The van der Waals surface area contributed by atoms with Crippen LogP contribution in [0.25, 0.3) is 0 Å². The number of amides is 2. The van der Waals surface area contributed by atoms with Gasteiger partial charge in [0, 0.05) is 17.3 Å². The van der Waals surface area contributed by atoms with Gasteiger partial charge in [-0.3, -0.25) is 14.4 Å². The fourth-order valence-corrected chi connectivity index (χ4v) is 2.69. The van der Waals surface area contributed by atoms with E-state index in [4.69, 9.17) is 27.9 Å². The summed E-state index contributed by atoms with van der Waals surface area (Å²) in [7, 11) is 0. The zero-order valence-electron chi connectivity index (χ0n) is 15.4. The van der Waals surface area contributed by atoms with Crippen molar-refractivity contribution < 1.29 is 19.1 Å². The average molecular weight is 423 g/mol. The van der Waals surface area contributed by atoms with E-state index in [1.807, 2.05) is 6.92 Å². The highest BCUT2D eigenvalue weighted by molar-refractivity contribution is 6.33. The highest BCUT2D eigenvalue weighted by atomic mass is 35.5. The van der Waals surface area contributed by atoms with Crippen molar-refractivity contribution in [3.8, 4) is 0 Å². The van der Waals surface area contributed by atoms with Gasteiger partial charge in [-0.1, -0.05) is 41.4 Å². The first-order valence-electron chi connectivity index (χ1n) is 8.57. The number of benzene rings is 2. The zero-order chi connectivity index (χ0) is 20.7. The molecule has 0 bridgehead atoms. The molecule has 0 aliphatic carbocycles. The van der Waals surface area contributed by atoms with E-state index in [-0.39, 0.29) is 18.9 Å². The minimum atomic E-state index is -0.995. The Morgan fingerprint density at radius 1 is 1.11 bits per heavy atom. The predicted octanol–water partition coefficient (Wildman–Crippen LogP) is 3.99. The van der Waals surface area contributed by atoms with Gasteiger partial charge in [-0.05, 0) is 43.7 Å². The van der Waals surface area contributed by atoms with Crippen LogP contribution in [0.15, 0.2) is 42.5 Å². The number of halogens is 2. The maximum Gasteiger partial charge on any atom is 0.308 e. The maximum absolute atomic E-state index is 12.2. The summed E-state index contributed by atoms with van der Waals surface area (Å²) in [5.74, 6) is -1.47. The molecule has 2 aromatic rings. The Bertz CT molecular complexity index is 886. The number of hydrogen-bond donors (Lipinski definition) is 2. The van der Waals surface area contributed by atoms with Crippen LogP contribution >= 0.6 is 23.2 Å². The molecule has 0 radical (unpaired) electrons. The second-order valence-electron chi connectivity index (χ2n) is 6.07. The van der Waals surface area contributed by atoms with E-state index in [0.29, 0.717) is 21.3 Å². The van der Waals surface area contributed by atoms with Crippen LogP contribution in [-0.4, -0.2) is 30.4 Å². The maximum atomic E-state index is 12.2. The number of hydrogen-bond acceptors (Lipinski definition) is 4. The van der Waals surface area contributed by atoms with Crippen LogP contribution in [0.4, 0.5) is 5.69 Å². The van der Waals surface area contributed by atoms with Gasteiger partial charge in [-0.2, -0.15) is 0 Å². The number of rotatable bonds is 7. The Morgan fingerprint density at radius 3 is 2.54 bits per heavy atom. The van der Waals surface area contributed by atoms with Crippen molar-refractivity contribution >= 4 is 46.7 Å². The van der Waals surface area contributed by atoms with E-state index in [1.54, 1.807) is 42.5 Å². The Morgan fingerprint density at radius 2 is 1.82 bits per heavy atom. The highest BCUT2D eigenvalue weighted by Crippen LogP contribution is 2.20. The molecule has 2 N–H and O–H groups in total. The molecule has 2 rings (SSSR count). The van der Waals surface area contributed by atoms with E-state index in [1.165, 1.54) is 6.92 Å². The lowest BCUT2D eigenvalue weighted by molar-refractivity contribution is -0.153. The number of esters is 1. The van der Waals surface area contributed by atoms with Crippen LogP contribution in [-0.2, 0) is 14.3 Å². The lowest BCUT2D eigenvalue weighted by Gasteiger charge is -2.15. The summed E-state index contributed by atoms with van der Waals surface area (Å²) in [6, 6.07) is 11.7. The Labute approximate surface area is 173 Å². The molecule has 0 fully saturated rings. The van der Waals surface area contributed by atoms with Gasteiger partial charge in [0.15, 0.2) is 6.10 Å². The van der Waals surface area contributed by atoms with Crippen LogP contribution in [0, 0.1) is 6.92 Å². The van der Waals surface area contributed by atoms with Crippen molar-refractivity contribution in [2.24, 2.45) is 0 Å². The van der Waals surface area contributed by atoms with E-state index in [2.05, 4.69) is 10.6 Å². The SMILES string of the molecule is Cc1ccc(Cl)cc1NC(=O)C(C)OC(=O)CCNC(=O)c1ccccc1Cl. The van der Waals surface area contributed by atoms with E-state index >= 15 is 0 Å². The minimum absolute atomic E-state index is 0.0601. The van der Waals surface area contributed by atoms with Gasteiger partial charge in [-0.15, -0.1) is 0 Å². The number of carbonyl (C=O) groups is 3. The lowest BCUT2D eigenvalue weighted by Crippen LogP contribution is -2.32. The first-order valence-corrected chi connectivity index (χ1v) is 9.32. The third kappa shape index (κ3) is 6.25.